The molecule has 0 radical (unpaired) electrons. The molecule has 2 heteroatoms. The van der Waals surface area contributed by atoms with Gasteiger partial charge in [-0.05, 0) is 111 Å². The second kappa shape index (κ2) is 16.3. The van der Waals surface area contributed by atoms with Crippen LogP contribution < -0.4 is 9.80 Å². The van der Waals surface area contributed by atoms with Crippen molar-refractivity contribution in [2.45, 2.75) is 107 Å². The van der Waals surface area contributed by atoms with Crippen LogP contribution in [0.25, 0.3) is 32.7 Å². The smallest absolute Gasteiger partial charge is 0.0619 e. The van der Waals surface area contributed by atoms with Crippen LogP contribution in [0.1, 0.15) is 107 Å². The molecule has 0 aliphatic heterocycles. The summed E-state index contributed by atoms with van der Waals surface area (Å²) in [6.45, 7) is 27.9. The van der Waals surface area contributed by atoms with E-state index in [2.05, 4.69) is 251 Å². The third-order valence-electron chi connectivity index (χ3n) is 13.4. The number of hydrogen-bond acceptors (Lipinski definition) is 2. The van der Waals surface area contributed by atoms with Gasteiger partial charge in [0.1, 0.15) is 0 Å². The molecule has 2 aliphatic carbocycles. The fraction of sp³-hybridized carbons (Fsp3) is 0.333. The van der Waals surface area contributed by atoms with Crippen LogP contribution in [-0.4, -0.2) is 0 Å². The van der Waals surface area contributed by atoms with E-state index in [1.807, 2.05) is 0 Å². The SMILES string of the molecule is CC(C)(C)c1ccc(N(c2ccc(C(C)(C)C)cc2)c2c3ccccc3c(N(C3=CCC(C(C)(C)C)C=C3)C3=CCC(C(C)(C)C)C=C3)c3cc(-c4ccccc4)ccc23)cc1. The molecule has 8 rings (SSSR count). The Morgan fingerprint density at radius 3 is 1.23 bits per heavy atom. The van der Waals surface area contributed by atoms with E-state index in [9.17, 15) is 0 Å². The maximum absolute atomic E-state index is 2.59. The van der Waals surface area contributed by atoms with Crippen LogP contribution in [0.4, 0.5) is 22.7 Å². The van der Waals surface area contributed by atoms with Gasteiger partial charge < -0.3 is 9.80 Å². The van der Waals surface area contributed by atoms with Crippen molar-refractivity contribution >= 4 is 44.3 Å². The Bertz CT molecular complexity index is 2590. The molecular weight excluding hydrogens is 749 g/mol. The van der Waals surface area contributed by atoms with Gasteiger partial charge >= 0.3 is 0 Å². The van der Waals surface area contributed by atoms with Crippen molar-refractivity contribution in [2.75, 3.05) is 9.80 Å². The fourth-order valence-corrected chi connectivity index (χ4v) is 9.29. The average Bonchev–Trinajstić information content (AvgIpc) is 3.24. The summed E-state index contributed by atoms with van der Waals surface area (Å²) < 4.78 is 0. The van der Waals surface area contributed by atoms with Crippen LogP contribution in [-0.2, 0) is 10.8 Å². The molecule has 0 bridgehead atoms. The van der Waals surface area contributed by atoms with Crippen molar-refractivity contribution in [3.63, 3.8) is 0 Å². The molecule has 6 aromatic rings. The van der Waals surface area contributed by atoms with Crippen molar-refractivity contribution in [1.29, 1.82) is 0 Å². The highest BCUT2D eigenvalue weighted by Crippen LogP contribution is 2.51. The van der Waals surface area contributed by atoms with Gasteiger partial charge in [0.15, 0.2) is 0 Å². The predicted octanol–water partition coefficient (Wildman–Crippen LogP) is 17.5. The molecule has 62 heavy (non-hydrogen) atoms. The van der Waals surface area contributed by atoms with Gasteiger partial charge in [0.25, 0.3) is 0 Å². The van der Waals surface area contributed by atoms with Gasteiger partial charge in [0, 0.05) is 44.3 Å². The monoisotopic (exact) mass is 817 g/mol. The zero-order valence-electron chi connectivity index (χ0n) is 39.5. The molecule has 0 spiro atoms. The molecule has 0 heterocycles. The van der Waals surface area contributed by atoms with Gasteiger partial charge in [-0.1, -0.05) is 198 Å². The minimum Gasteiger partial charge on any atom is -0.310 e. The summed E-state index contributed by atoms with van der Waals surface area (Å²) in [5.74, 6) is 0.940. The van der Waals surface area contributed by atoms with Gasteiger partial charge in [-0.25, -0.2) is 0 Å². The maximum atomic E-state index is 2.59. The minimum atomic E-state index is 0.0420. The van der Waals surface area contributed by atoms with Crippen LogP contribution in [0.5, 0.6) is 0 Å². The summed E-state index contributed by atoms with van der Waals surface area (Å²) in [6.07, 6.45) is 16.7. The average molecular weight is 817 g/mol. The lowest BCUT2D eigenvalue weighted by Crippen LogP contribution is -2.27. The van der Waals surface area contributed by atoms with Crippen LogP contribution in [0.15, 0.2) is 169 Å². The van der Waals surface area contributed by atoms with Crippen molar-refractivity contribution in [3.8, 4) is 11.1 Å². The van der Waals surface area contributed by atoms with Gasteiger partial charge in [0.05, 0.1) is 11.4 Å². The fourth-order valence-electron chi connectivity index (χ4n) is 9.29. The molecule has 318 valence electrons. The molecule has 6 aromatic carbocycles. The number of anilines is 4. The van der Waals surface area contributed by atoms with Crippen molar-refractivity contribution in [3.05, 3.63) is 180 Å². The first-order valence-electron chi connectivity index (χ1n) is 22.9. The molecule has 0 N–H and O–H groups in total. The lowest BCUT2D eigenvalue weighted by Gasteiger charge is -2.37. The molecule has 2 unspecified atom stereocenters. The van der Waals surface area contributed by atoms with Crippen molar-refractivity contribution in [2.24, 2.45) is 22.7 Å². The molecule has 0 aromatic heterocycles. The molecule has 2 atom stereocenters. The number of allylic oxidation sites excluding steroid dienone is 6. The minimum absolute atomic E-state index is 0.0420. The Hall–Kier alpha value is -5.60. The Morgan fingerprint density at radius 2 is 0.823 bits per heavy atom. The predicted molar refractivity (Wildman–Crippen MR) is 271 cm³/mol. The molecule has 0 saturated heterocycles. The lowest BCUT2D eigenvalue weighted by atomic mass is 9.76. The van der Waals surface area contributed by atoms with Crippen molar-refractivity contribution < 1.29 is 0 Å². The van der Waals surface area contributed by atoms with E-state index in [4.69, 9.17) is 0 Å². The quantitative estimate of drug-likeness (QED) is 0.117. The summed E-state index contributed by atoms with van der Waals surface area (Å²) in [5.41, 5.74) is 12.7. The Morgan fingerprint density at radius 1 is 0.403 bits per heavy atom. The van der Waals surface area contributed by atoms with Gasteiger partial charge in [-0.15, -0.1) is 0 Å². The summed E-state index contributed by atoms with van der Waals surface area (Å²) in [5, 5.41) is 4.88. The molecule has 0 amide bonds. The largest absolute Gasteiger partial charge is 0.310 e. The molecule has 0 saturated carbocycles. The highest BCUT2D eigenvalue weighted by molar-refractivity contribution is 6.23. The van der Waals surface area contributed by atoms with Crippen molar-refractivity contribution in [1.82, 2.24) is 0 Å². The number of rotatable bonds is 7. The van der Waals surface area contributed by atoms with E-state index >= 15 is 0 Å². The number of benzene rings is 6. The first-order valence-corrected chi connectivity index (χ1v) is 22.9. The number of hydrogen-bond donors (Lipinski definition) is 0. The first-order chi connectivity index (χ1) is 29.3. The number of fused-ring (bicyclic) bond motifs is 2. The van der Waals surface area contributed by atoms with E-state index in [0.29, 0.717) is 11.8 Å². The molecular formula is C60H68N2. The third-order valence-corrected chi connectivity index (χ3v) is 13.4. The molecule has 2 nitrogen and oxygen atoms in total. The highest BCUT2D eigenvalue weighted by Gasteiger charge is 2.31. The molecule has 2 aliphatic rings. The zero-order valence-corrected chi connectivity index (χ0v) is 39.5. The summed E-state index contributed by atoms with van der Waals surface area (Å²) in [4.78, 5) is 5.11. The van der Waals surface area contributed by atoms with E-state index in [1.165, 1.54) is 66.6 Å². The van der Waals surface area contributed by atoms with Crippen LogP contribution >= 0.6 is 0 Å². The maximum Gasteiger partial charge on any atom is 0.0619 e. The number of nitrogens with zero attached hydrogens (tertiary/aromatic N) is 2. The Labute approximate surface area is 373 Å². The Kier molecular flexibility index (Phi) is 11.3. The lowest BCUT2D eigenvalue weighted by molar-refractivity contribution is 0.292. The highest BCUT2D eigenvalue weighted by atomic mass is 15.2. The van der Waals surface area contributed by atoms with Gasteiger partial charge in [-0.2, -0.15) is 0 Å². The van der Waals surface area contributed by atoms with E-state index in [0.717, 1.165) is 24.2 Å². The second-order valence-corrected chi connectivity index (χ2v) is 22.0. The van der Waals surface area contributed by atoms with E-state index in [1.54, 1.807) is 0 Å². The normalized spacial score (nSPS) is 17.3. The first kappa shape index (κ1) is 43.1. The standard InChI is InChI=1S/C60H68N2/c1-57(2,3)43-23-31-47(32-24-43)61(48-33-25-44(26-34-48)58(4,5)6)55-51-20-16-17-21-52(51)56(54-40-42(22-39-53(54)55)41-18-14-13-15-19-41)62(49-35-27-45(28-36-49)59(7,8)9)50-37-29-46(30-38-50)60(10,11)12/h13-27,29,31-40,45-46H,28,30H2,1-12H3. The summed E-state index contributed by atoms with van der Waals surface area (Å²) in [7, 11) is 0. The van der Waals surface area contributed by atoms with Gasteiger partial charge in [0.2, 0.25) is 0 Å². The summed E-state index contributed by atoms with van der Waals surface area (Å²) >= 11 is 0. The van der Waals surface area contributed by atoms with Crippen LogP contribution in [0, 0.1) is 22.7 Å². The second-order valence-electron chi connectivity index (χ2n) is 22.0. The third kappa shape index (κ3) is 8.59. The van der Waals surface area contributed by atoms with E-state index in [-0.39, 0.29) is 21.7 Å². The van der Waals surface area contributed by atoms with Crippen LogP contribution in [0.2, 0.25) is 0 Å². The Balaban J connectivity index is 1.46. The van der Waals surface area contributed by atoms with E-state index < -0.39 is 0 Å². The zero-order chi connectivity index (χ0) is 44.2. The van der Waals surface area contributed by atoms with Crippen LogP contribution in [0.3, 0.4) is 0 Å². The summed E-state index contributed by atoms with van der Waals surface area (Å²) in [6, 6.07) is 45.8. The van der Waals surface area contributed by atoms with Gasteiger partial charge in [-0.3, -0.25) is 0 Å². The topological polar surface area (TPSA) is 6.48 Å². The molecule has 0 fully saturated rings.